The molecule has 19 heavy (non-hydrogen) atoms. The van der Waals surface area contributed by atoms with E-state index in [1.807, 2.05) is 0 Å². The minimum atomic E-state index is -0.227. The molecular weight excluding hydrogens is 238 g/mol. The lowest BCUT2D eigenvalue weighted by Crippen LogP contribution is -2.18. The van der Waals surface area contributed by atoms with Gasteiger partial charge < -0.3 is 10.5 Å². The van der Waals surface area contributed by atoms with Gasteiger partial charge in [-0.3, -0.25) is 4.79 Å². The Kier molecular flexibility index (Phi) is 3.09. The van der Waals surface area contributed by atoms with Crippen molar-refractivity contribution in [3.8, 4) is 0 Å². The highest BCUT2D eigenvalue weighted by Crippen LogP contribution is 2.41. The summed E-state index contributed by atoms with van der Waals surface area (Å²) in [6.45, 7) is 5.83. The zero-order valence-corrected chi connectivity index (χ0v) is 11.7. The van der Waals surface area contributed by atoms with Gasteiger partial charge in [0.15, 0.2) is 0 Å². The Morgan fingerprint density at radius 3 is 2.53 bits per heavy atom. The first-order chi connectivity index (χ1) is 9.09. The van der Waals surface area contributed by atoms with Crippen molar-refractivity contribution < 1.29 is 9.53 Å². The third-order valence-electron chi connectivity index (χ3n) is 4.38. The normalized spacial score (nSPS) is 16.8. The molecule has 2 aliphatic rings. The summed E-state index contributed by atoms with van der Waals surface area (Å²) >= 11 is 0. The average molecular weight is 259 g/mol. The zero-order valence-electron chi connectivity index (χ0n) is 11.7. The van der Waals surface area contributed by atoms with Crippen LogP contribution >= 0.6 is 0 Å². The number of fused-ring (bicyclic) bond motifs is 3. The SMILES string of the molecule is CC(C)c1c2c(c3c(c1CC(N)=O)CCC3)COC2. The minimum absolute atomic E-state index is 0.227. The lowest BCUT2D eigenvalue weighted by molar-refractivity contribution is -0.117. The van der Waals surface area contributed by atoms with E-state index in [1.165, 1.54) is 39.8 Å². The summed E-state index contributed by atoms with van der Waals surface area (Å²) in [5, 5.41) is 0. The zero-order chi connectivity index (χ0) is 13.6. The second-order valence-corrected chi connectivity index (χ2v) is 5.95. The first kappa shape index (κ1) is 12.7. The Hall–Kier alpha value is -1.35. The van der Waals surface area contributed by atoms with Gasteiger partial charge in [-0.2, -0.15) is 0 Å². The molecule has 0 atom stereocenters. The number of hydrogen-bond acceptors (Lipinski definition) is 2. The van der Waals surface area contributed by atoms with Crippen molar-refractivity contribution in [1.82, 2.24) is 0 Å². The van der Waals surface area contributed by atoms with Crippen LogP contribution in [0.25, 0.3) is 0 Å². The molecule has 2 N–H and O–H groups in total. The number of ether oxygens (including phenoxy) is 1. The average Bonchev–Trinajstić information content (AvgIpc) is 2.94. The van der Waals surface area contributed by atoms with E-state index in [-0.39, 0.29) is 5.91 Å². The van der Waals surface area contributed by atoms with Crippen LogP contribution in [0.5, 0.6) is 0 Å². The molecular formula is C16H21NO2. The fourth-order valence-corrected chi connectivity index (χ4v) is 3.77. The Bertz CT molecular complexity index is 546. The van der Waals surface area contributed by atoms with Crippen LogP contribution in [0.4, 0.5) is 0 Å². The molecule has 0 spiro atoms. The predicted octanol–water partition coefficient (Wildman–Crippen LogP) is 2.36. The highest BCUT2D eigenvalue weighted by molar-refractivity contribution is 5.78. The van der Waals surface area contributed by atoms with Crippen LogP contribution in [0.15, 0.2) is 0 Å². The van der Waals surface area contributed by atoms with Gasteiger partial charge in [-0.05, 0) is 58.6 Å². The summed E-state index contributed by atoms with van der Waals surface area (Å²) in [4.78, 5) is 11.4. The standard InChI is InChI=1S/C16H21NO2/c1-9(2)16-12(6-15(17)18)10-4-3-5-11(10)13-7-19-8-14(13)16/h9H,3-8H2,1-2H3,(H2,17,18). The lowest BCUT2D eigenvalue weighted by Gasteiger charge is -2.21. The van der Waals surface area contributed by atoms with Crippen molar-refractivity contribution in [2.45, 2.75) is 58.7 Å². The van der Waals surface area contributed by atoms with Crippen molar-refractivity contribution >= 4 is 5.91 Å². The van der Waals surface area contributed by atoms with Crippen LogP contribution in [0.3, 0.4) is 0 Å². The monoisotopic (exact) mass is 259 g/mol. The number of benzene rings is 1. The molecule has 0 bridgehead atoms. The smallest absolute Gasteiger partial charge is 0.221 e. The van der Waals surface area contributed by atoms with Crippen molar-refractivity contribution in [2.75, 3.05) is 0 Å². The van der Waals surface area contributed by atoms with Crippen molar-refractivity contribution in [3.05, 3.63) is 33.4 Å². The molecule has 1 aromatic carbocycles. The van der Waals surface area contributed by atoms with Crippen LogP contribution in [0.2, 0.25) is 0 Å². The van der Waals surface area contributed by atoms with Crippen molar-refractivity contribution in [1.29, 1.82) is 0 Å². The topological polar surface area (TPSA) is 52.3 Å². The predicted molar refractivity (Wildman–Crippen MR) is 73.9 cm³/mol. The van der Waals surface area contributed by atoms with E-state index in [1.54, 1.807) is 0 Å². The van der Waals surface area contributed by atoms with Gasteiger partial charge in [-0.15, -0.1) is 0 Å². The summed E-state index contributed by atoms with van der Waals surface area (Å²) in [7, 11) is 0. The van der Waals surface area contributed by atoms with E-state index >= 15 is 0 Å². The van der Waals surface area contributed by atoms with Crippen LogP contribution in [-0.2, 0) is 42.0 Å². The van der Waals surface area contributed by atoms with Crippen LogP contribution in [0, 0.1) is 0 Å². The number of amides is 1. The van der Waals surface area contributed by atoms with Gasteiger partial charge >= 0.3 is 0 Å². The maximum Gasteiger partial charge on any atom is 0.221 e. The lowest BCUT2D eigenvalue weighted by atomic mass is 9.83. The summed E-state index contributed by atoms with van der Waals surface area (Å²) in [5.41, 5.74) is 13.6. The molecule has 3 rings (SSSR count). The summed E-state index contributed by atoms with van der Waals surface area (Å²) < 4.78 is 5.67. The third kappa shape index (κ3) is 1.96. The molecule has 102 valence electrons. The van der Waals surface area contributed by atoms with Gasteiger partial charge in [0.05, 0.1) is 19.6 Å². The van der Waals surface area contributed by atoms with E-state index < -0.39 is 0 Å². The maximum atomic E-state index is 11.4. The summed E-state index contributed by atoms with van der Waals surface area (Å²) in [6, 6.07) is 0. The molecule has 1 aromatic rings. The van der Waals surface area contributed by atoms with E-state index in [9.17, 15) is 4.79 Å². The molecule has 0 unspecified atom stereocenters. The van der Waals surface area contributed by atoms with Crippen molar-refractivity contribution in [2.24, 2.45) is 5.73 Å². The molecule has 0 fully saturated rings. The van der Waals surface area contributed by atoms with Gasteiger partial charge in [-0.1, -0.05) is 13.8 Å². The number of carbonyl (C=O) groups excluding carboxylic acids is 1. The number of rotatable bonds is 3. The van der Waals surface area contributed by atoms with Crippen LogP contribution in [0.1, 0.15) is 59.6 Å². The fourth-order valence-electron chi connectivity index (χ4n) is 3.77. The van der Waals surface area contributed by atoms with E-state index in [4.69, 9.17) is 10.5 Å². The second-order valence-electron chi connectivity index (χ2n) is 5.95. The molecule has 0 saturated carbocycles. The molecule has 1 aliphatic heterocycles. The molecule has 0 radical (unpaired) electrons. The van der Waals surface area contributed by atoms with E-state index in [2.05, 4.69) is 13.8 Å². The first-order valence-corrected chi connectivity index (χ1v) is 7.13. The van der Waals surface area contributed by atoms with Gasteiger partial charge in [0, 0.05) is 0 Å². The molecule has 0 saturated heterocycles. The van der Waals surface area contributed by atoms with Crippen LogP contribution < -0.4 is 5.73 Å². The summed E-state index contributed by atoms with van der Waals surface area (Å²) in [6.07, 6.45) is 3.79. The fraction of sp³-hybridized carbons (Fsp3) is 0.562. The molecule has 0 aromatic heterocycles. The number of hydrogen-bond donors (Lipinski definition) is 1. The molecule has 1 heterocycles. The molecule has 1 amide bonds. The Morgan fingerprint density at radius 2 is 1.84 bits per heavy atom. The van der Waals surface area contributed by atoms with E-state index in [0.29, 0.717) is 18.9 Å². The minimum Gasteiger partial charge on any atom is -0.372 e. The second kappa shape index (κ2) is 4.64. The Morgan fingerprint density at radius 1 is 1.16 bits per heavy atom. The van der Waals surface area contributed by atoms with Gasteiger partial charge in [0.2, 0.25) is 5.91 Å². The first-order valence-electron chi connectivity index (χ1n) is 7.13. The van der Waals surface area contributed by atoms with Crippen molar-refractivity contribution in [3.63, 3.8) is 0 Å². The summed E-state index contributed by atoms with van der Waals surface area (Å²) in [5.74, 6) is 0.186. The molecule has 1 aliphatic carbocycles. The highest BCUT2D eigenvalue weighted by Gasteiger charge is 2.30. The Labute approximate surface area is 114 Å². The van der Waals surface area contributed by atoms with Gasteiger partial charge in [0.25, 0.3) is 0 Å². The van der Waals surface area contributed by atoms with Gasteiger partial charge in [-0.25, -0.2) is 0 Å². The van der Waals surface area contributed by atoms with Gasteiger partial charge in [0.1, 0.15) is 0 Å². The van der Waals surface area contributed by atoms with Crippen LogP contribution in [-0.4, -0.2) is 5.91 Å². The third-order valence-corrected chi connectivity index (χ3v) is 4.38. The quantitative estimate of drug-likeness (QED) is 0.906. The maximum absolute atomic E-state index is 11.4. The number of carbonyl (C=O) groups is 1. The molecule has 3 heteroatoms. The Balaban J connectivity index is 2.26. The highest BCUT2D eigenvalue weighted by atomic mass is 16.5. The van der Waals surface area contributed by atoms with E-state index in [0.717, 1.165) is 19.4 Å². The number of nitrogens with two attached hydrogens (primary N) is 1. The number of primary amides is 1. The molecule has 3 nitrogen and oxygen atoms in total. The largest absolute Gasteiger partial charge is 0.372 e.